The second kappa shape index (κ2) is 2.73. The first-order chi connectivity index (χ1) is 5.29. The molecule has 0 aromatic rings. The number of rotatable bonds is 3. The maximum atomic E-state index is 2.43. The van der Waals surface area contributed by atoms with Gasteiger partial charge in [0.2, 0.25) is 0 Å². The first-order valence-electron chi connectivity index (χ1n) is 5.13. The highest BCUT2D eigenvalue weighted by Crippen LogP contribution is 2.50. The fraction of sp³-hybridized carbons (Fsp3) is 1.00. The van der Waals surface area contributed by atoms with Crippen LogP contribution in [-0.2, 0) is 0 Å². The van der Waals surface area contributed by atoms with Crippen LogP contribution in [0, 0.1) is 11.8 Å². The molecule has 1 aliphatic carbocycles. The standard InChI is InChI=1S/C11H24N/c1-9(2)8-12(5,6)11(4)7-10(11)3/h9-10H,7-8H2,1-6H3/q+1. The van der Waals surface area contributed by atoms with Crippen LogP contribution in [0.25, 0.3) is 0 Å². The van der Waals surface area contributed by atoms with Crippen molar-refractivity contribution in [1.82, 2.24) is 0 Å². The molecule has 0 bridgehead atoms. The van der Waals surface area contributed by atoms with Gasteiger partial charge in [0, 0.05) is 18.3 Å². The molecule has 2 unspecified atom stereocenters. The summed E-state index contributed by atoms with van der Waals surface area (Å²) in [5, 5.41) is 0. The van der Waals surface area contributed by atoms with E-state index in [0.29, 0.717) is 5.54 Å². The highest BCUT2D eigenvalue weighted by molar-refractivity contribution is 4.98. The van der Waals surface area contributed by atoms with Gasteiger partial charge < -0.3 is 4.48 Å². The maximum Gasteiger partial charge on any atom is 0.0993 e. The van der Waals surface area contributed by atoms with Crippen molar-refractivity contribution in [1.29, 1.82) is 0 Å². The van der Waals surface area contributed by atoms with Crippen LogP contribution in [0.1, 0.15) is 34.1 Å². The van der Waals surface area contributed by atoms with E-state index in [1.54, 1.807) is 0 Å². The molecule has 1 rings (SSSR count). The van der Waals surface area contributed by atoms with E-state index < -0.39 is 0 Å². The molecule has 1 aliphatic rings. The number of hydrogen-bond donors (Lipinski definition) is 0. The Hall–Kier alpha value is -0.0400. The average molecular weight is 170 g/mol. The van der Waals surface area contributed by atoms with Gasteiger partial charge in [-0.05, 0) is 6.92 Å². The van der Waals surface area contributed by atoms with Crippen molar-refractivity contribution >= 4 is 0 Å². The average Bonchev–Trinajstić information content (AvgIpc) is 2.38. The molecule has 0 aromatic heterocycles. The summed E-state index contributed by atoms with van der Waals surface area (Å²) >= 11 is 0. The summed E-state index contributed by atoms with van der Waals surface area (Å²) in [6, 6.07) is 0. The number of hydrogen-bond acceptors (Lipinski definition) is 0. The fourth-order valence-electron chi connectivity index (χ4n) is 2.53. The molecule has 12 heavy (non-hydrogen) atoms. The molecule has 0 N–H and O–H groups in total. The van der Waals surface area contributed by atoms with Crippen LogP contribution in [0.2, 0.25) is 0 Å². The molecular weight excluding hydrogens is 146 g/mol. The monoisotopic (exact) mass is 170 g/mol. The molecule has 0 spiro atoms. The molecule has 2 atom stereocenters. The minimum Gasteiger partial charge on any atom is -0.323 e. The molecule has 0 aliphatic heterocycles. The van der Waals surface area contributed by atoms with Gasteiger partial charge in [-0.2, -0.15) is 0 Å². The van der Waals surface area contributed by atoms with Crippen molar-refractivity contribution < 1.29 is 4.48 Å². The zero-order valence-electron chi connectivity index (χ0n) is 9.52. The molecule has 1 fully saturated rings. The Morgan fingerprint density at radius 1 is 1.42 bits per heavy atom. The van der Waals surface area contributed by atoms with Gasteiger partial charge in [-0.25, -0.2) is 0 Å². The molecule has 72 valence electrons. The van der Waals surface area contributed by atoms with Gasteiger partial charge in [-0.15, -0.1) is 0 Å². The highest BCUT2D eigenvalue weighted by atomic mass is 15.4. The molecule has 0 radical (unpaired) electrons. The Kier molecular flexibility index (Phi) is 2.28. The van der Waals surface area contributed by atoms with Gasteiger partial charge in [-0.1, -0.05) is 20.8 Å². The number of nitrogens with zero attached hydrogens (tertiary/aromatic N) is 1. The lowest BCUT2D eigenvalue weighted by molar-refractivity contribution is -0.928. The number of quaternary nitrogens is 1. The maximum absolute atomic E-state index is 2.43. The van der Waals surface area contributed by atoms with Crippen molar-refractivity contribution in [3.05, 3.63) is 0 Å². The Labute approximate surface area is 77.4 Å². The Morgan fingerprint density at radius 3 is 2.08 bits per heavy atom. The largest absolute Gasteiger partial charge is 0.323 e. The van der Waals surface area contributed by atoms with Crippen molar-refractivity contribution in [2.24, 2.45) is 11.8 Å². The molecule has 0 amide bonds. The van der Waals surface area contributed by atoms with E-state index in [2.05, 4.69) is 41.8 Å². The minimum absolute atomic E-state index is 0.574. The van der Waals surface area contributed by atoms with E-state index in [0.717, 1.165) is 11.8 Å². The third kappa shape index (κ3) is 1.52. The lowest BCUT2D eigenvalue weighted by Crippen LogP contribution is -2.52. The predicted octanol–water partition coefficient (Wildman–Crippen LogP) is 2.52. The topological polar surface area (TPSA) is 0 Å². The summed E-state index contributed by atoms with van der Waals surface area (Å²) in [5.74, 6) is 1.73. The lowest BCUT2D eigenvalue weighted by atomic mass is 10.1. The van der Waals surface area contributed by atoms with Crippen LogP contribution >= 0.6 is 0 Å². The van der Waals surface area contributed by atoms with E-state index in [1.807, 2.05) is 0 Å². The van der Waals surface area contributed by atoms with Crippen molar-refractivity contribution in [2.75, 3.05) is 20.6 Å². The van der Waals surface area contributed by atoms with E-state index in [4.69, 9.17) is 0 Å². The van der Waals surface area contributed by atoms with Crippen molar-refractivity contribution in [3.8, 4) is 0 Å². The third-order valence-electron chi connectivity index (χ3n) is 3.83. The fourth-order valence-corrected chi connectivity index (χ4v) is 2.53. The minimum atomic E-state index is 0.574. The summed E-state index contributed by atoms with van der Waals surface area (Å²) in [7, 11) is 4.76. The van der Waals surface area contributed by atoms with E-state index in [1.165, 1.54) is 17.4 Å². The molecule has 1 saturated carbocycles. The van der Waals surface area contributed by atoms with Gasteiger partial charge >= 0.3 is 0 Å². The zero-order chi connectivity index (χ0) is 9.57. The molecule has 0 aromatic carbocycles. The van der Waals surface area contributed by atoms with E-state index >= 15 is 0 Å². The molecule has 0 saturated heterocycles. The summed E-state index contributed by atoms with van der Waals surface area (Å²) in [4.78, 5) is 0. The quantitative estimate of drug-likeness (QED) is 0.571. The van der Waals surface area contributed by atoms with Gasteiger partial charge in [0.25, 0.3) is 0 Å². The van der Waals surface area contributed by atoms with Gasteiger partial charge in [0.15, 0.2) is 0 Å². The van der Waals surface area contributed by atoms with Gasteiger partial charge in [0.05, 0.1) is 26.2 Å². The van der Waals surface area contributed by atoms with Crippen molar-refractivity contribution in [2.45, 2.75) is 39.7 Å². The molecule has 1 nitrogen and oxygen atoms in total. The normalized spacial score (nSPS) is 35.8. The lowest BCUT2D eigenvalue weighted by Gasteiger charge is -2.39. The Bertz CT molecular complexity index is 172. The second-order valence-corrected chi connectivity index (χ2v) is 5.72. The second-order valence-electron chi connectivity index (χ2n) is 5.72. The van der Waals surface area contributed by atoms with Crippen LogP contribution in [0.4, 0.5) is 0 Å². The molecule has 1 heteroatoms. The van der Waals surface area contributed by atoms with Crippen LogP contribution < -0.4 is 0 Å². The zero-order valence-corrected chi connectivity index (χ0v) is 9.52. The van der Waals surface area contributed by atoms with E-state index in [-0.39, 0.29) is 0 Å². The Morgan fingerprint density at radius 2 is 1.83 bits per heavy atom. The first-order valence-corrected chi connectivity index (χ1v) is 5.13. The SMILES string of the molecule is CC(C)C[N+](C)(C)C1(C)CC1C. The van der Waals surface area contributed by atoms with Gasteiger partial charge in [0.1, 0.15) is 0 Å². The summed E-state index contributed by atoms with van der Waals surface area (Å²) in [6.45, 7) is 10.7. The predicted molar refractivity (Wildman–Crippen MR) is 54.0 cm³/mol. The summed E-state index contributed by atoms with van der Waals surface area (Å²) in [6.07, 6.45) is 1.41. The smallest absolute Gasteiger partial charge is 0.0993 e. The Balaban J connectivity index is 2.60. The van der Waals surface area contributed by atoms with Crippen LogP contribution in [0.3, 0.4) is 0 Å². The van der Waals surface area contributed by atoms with E-state index in [9.17, 15) is 0 Å². The summed E-state index contributed by atoms with van der Waals surface area (Å²) in [5.41, 5.74) is 0.574. The van der Waals surface area contributed by atoms with Crippen LogP contribution in [0.5, 0.6) is 0 Å². The van der Waals surface area contributed by atoms with Crippen LogP contribution in [-0.4, -0.2) is 30.7 Å². The summed E-state index contributed by atoms with van der Waals surface area (Å²) < 4.78 is 1.20. The van der Waals surface area contributed by atoms with Crippen molar-refractivity contribution in [3.63, 3.8) is 0 Å². The van der Waals surface area contributed by atoms with Crippen LogP contribution in [0.15, 0.2) is 0 Å². The molecule has 0 heterocycles. The third-order valence-corrected chi connectivity index (χ3v) is 3.83. The first kappa shape index (κ1) is 10.0. The highest BCUT2D eigenvalue weighted by Gasteiger charge is 2.58. The van der Waals surface area contributed by atoms with Gasteiger partial charge in [-0.3, -0.25) is 0 Å². The molecular formula is C11H24N+.